The topological polar surface area (TPSA) is 9.23 Å². The molecule has 6 heavy (non-hydrogen) atoms. The van der Waals surface area contributed by atoms with Crippen molar-refractivity contribution in [2.75, 3.05) is 6.86 Å². The molecular formula is C3H4F2O. The summed E-state index contributed by atoms with van der Waals surface area (Å²) in [5.74, 6) is 0. The van der Waals surface area contributed by atoms with Gasteiger partial charge in [0.25, 0.3) is 6.01 Å². The van der Waals surface area contributed by atoms with Crippen LogP contribution in [-0.2, 0) is 4.74 Å². The van der Waals surface area contributed by atoms with Crippen molar-refractivity contribution in [2.24, 2.45) is 0 Å². The number of rotatable bonds is 2. The quantitative estimate of drug-likeness (QED) is 0.469. The number of alkyl halides is 1. The molecule has 0 aliphatic heterocycles. The fraction of sp³-hybridized carbons (Fsp3) is 0.333. The first-order chi connectivity index (χ1) is 2.77. The molecule has 0 radical (unpaired) electrons. The average Bonchev–Trinajstić information content (AvgIpc) is 1.35. The summed E-state index contributed by atoms with van der Waals surface area (Å²) in [5.41, 5.74) is 0. The minimum Gasteiger partial charge on any atom is -0.439 e. The van der Waals surface area contributed by atoms with Crippen LogP contribution < -0.4 is 0 Å². The molecule has 0 bridgehead atoms. The number of ether oxygens (including phenoxy) is 1. The fourth-order valence-corrected chi connectivity index (χ4v) is 0.0592. The normalized spacial score (nSPS) is 7.67. The van der Waals surface area contributed by atoms with Gasteiger partial charge < -0.3 is 4.74 Å². The highest BCUT2D eigenvalue weighted by Crippen LogP contribution is 1.90. The van der Waals surface area contributed by atoms with Crippen molar-refractivity contribution in [1.29, 1.82) is 0 Å². The van der Waals surface area contributed by atoms with E-state index in [1.54, 1.807) is 0 Å². The van der Waals surface area contributed by atoms with Crippen LogP contribution in [0.4, 0.5) is 8.78 Å². The molecular weight excluding hydrogens is 90.0 g/mol. The summed E-state index contributed by atoms with van der Waals surface area (Å²) in [7, 11) is 0. The summed E-state index contributed by atoms with van der Waals surface area (Å²) in [5, 5.41) is 0. The maximum absolute atomic E-state index is 11.0. The minimum atomic E-state index is -1.14. The van der Waals surface area contributed by atoms with Crippen LogP contribution in [0.25, 0.3) is 0 Å². The Kier molecular flexibility index (Phi) is 2.36. The van der Waals surface area contributed by atoms with Crippen molar-refractivity contribution in [1.82, 2.24) is 0 Å². The molecule has 0 saturated heterocycles. The lowest BCUT2D eigenvalue weighted by atomic mass is 11.1. The van der Waals surface area contributed by atoms with Crippen molar-refractivity contribution in [3.8, 4) is 0 Å². The van der Waals surface area contributed by atoms with E-state index < -0.39 is 12.9 Å². The van der Waals surface area contributed by atoms with E-state index in [2.05, 4.69) is 11.3 Å². The lowest BCUT2D eigenvalue weighted by molar-refractivity contribution is 0.0736. The monoisotopic (exact) mass is 94.0 g/mol. The Morgan fingerprint density at radius 2 is 2.33 bits per heavy atom. The average molecular weight is 94.1 g/mol. The molecule has 3 heteroatoms. The molecule has 0 aliphatic rings. The molecule has 0 aromatic rings. The third-order valence-corrected chi connectivity index (χ3v) is 0.211. The van der Waals surface area contributed by atoms with E-state index in [9.17, 15) is 8.78 Å². The number of hydrogen-bond acceptors (Lipinski definition) is 1. The zero-order valence-electron chi connectivity index (χ0n) is 3.08. The summed E-state index contributed by atoms with van der Waals surface area (Å²) >= 11 is 0. The van der Waals surface area contributed by atoms with Crippen LogP contribution in [0.15, 0.2) is 12.6 Å². The molecule has 0 spiro atoms. The number of halogens is 2. The Hall–Kier alpha value is -0.600. The largest absolute Gasteiger partial charge is 0.439 e. The standard InChI is InChI=1S/C3H4F2O/c1-3(5)6-2-4/h1-2H2. The molecule has 0 heterocycles. The molecule has 0 unspecified atom stereocenters. The van der Waals surface area contributed by atoms with Gasteiger partial charge in [-0.1, -0.05) is 0 Å². The molecule has 0 fully saturated rings. The Labute approximate surface area is 34.2 Å². The predicted octanol–water partition coefficient (Wildman–Crippen LogP) is 1.37. The predicted molar refractivity (Wildman–Crippen MR) is 17.3 cm³/mol. The van der Waals surface area contributed by atoms with Crippen LogP contribution >= 0.6 is 0 Å². The molecule has 0 atom stereocenters. The molecule has 0 aliphatic carbocycles. The molecule has 0 aromatic carbocycles. The molecule has 0 rings (SSSR count). The first-order valence-corrected chi connectivity index (χ1v) is 1.30. The van der Waals surface area contributed by atoms with Crippen LogP contribution in [0, 0.1) is 0 Å². The van der Waals surface area contributed by atoms with Crippen molar-refractivity contribution in [2.45, 2.75) is 0 Å². The van der Waals surface area contributed by atoms with Crippen molar-refractivity contribution < 1.29 is 13.5 Å². The van der Waals surface area contributed by atoms with Gasteiger partial charge in [-0.2, -0.15) is 4.39 Å². The first kappa shape index (κ1) is 5.40. The minimum absolute atomic E-state index is 1.09. The Morgan fingerprint density at radius 3 is 2.33 bits per heavy atom. The van der Waals surface area contributed by atoms with E-state index in [1.807, 2.05) is 0 Å². The highest BCUT2D eigenvalue weighted by atomic mass is 19.2. The van der Waals surface area contributed by atoms with Gasteiger partial charge in [0.05, 0.1) is 0 Å². The van der Waals surface area contributed by atoms with Gasteiger partial charge in [-0.05, 0) is 6.58 Å². The highest BCUT2D eigenvalue weighted by molar-refractivity contribution is 4.61. The molecule has 0 amide bonds. The van der Waals surface area contributed by atoms with E-state index in [1.165, 1.54) is 0 Å². The van der Waals surface area contributed by atoms with Gasteiger partial charge in [0.2, 0.25) is 6.86 Å². The first-order valence-electron chi connectivity index (χ1n) is 1.30. The Bertz CT molecular complexity index is 52.8. The van der Waals surface area contributed by atoms with Crippen molar-refractivity contribution in [3.63, 3.8) is 0 Å². The van der Waals surface area contributed by atoms with Gasteiger partial charge in [-0.25, -0.2) is 4.39 Å². The summed E-state index contributed by atoms with van der Waals surface area (Å²) in [6.07, 6.45) is 0. The van der Waals surface area contributed by atoms with E-state index in [0.717, 1.165) is 0 Å². The second-order valence-electron chi connectivity index (χ2n) is 0.609. The zero-order valence-corrected chi connectivity index (χ0v) is 3.08. The van der Waals surface area contributed by atoms with Crippen LogP contribution in [0.2, 0.25) is 0 Å². The van der Waals surface area contributed by atoms with E-state index in [4.69, 9.17) is 0 Å². The fourth-order valence-electron chi connectivity index (χ4n) is 0.0592. The van der Waals surface area contributed by atoms with Crippen LogP contribution in [-0.4, -0.2) is 6.86 Å². The van der Waals surface area contributed by atoms with Gasteiger partial charge in [-0.15, -0.1) is 0 Å². The van der Waals surface area contributed by atoms with Gasteiger partial charge in [-0.3, -0.25) is 0 Å². The van der Waals surface area contributed by atoms with Crippen molar-refractivity contribution in [3.05, 3.63) is 12.6 Å². The van der Waals surface area contributed by atoms with Crippen molar-refractivity contribution >= 4 is 0 Å². The van der Waals surface area contributed by atoms with Crippen LogP contribution in [0.1, 0.15) is 0 Å². The second kappa shape index (κ2) is 2.63. The van der Waals surface area contributed by atoms with Gasteiger partial charge in [0.1, 0.15) is 0 Å². The number of hydrogen-bond donors (Lipinski definition) is 0. The van der Waals surface area contributed by atoms with Crippen LogP contribution in [0.3, 0.4) is 0 Å². The van der Waals surface area contributed by atoms with E-state index in [0.29, 0.717) is 0 Å². The molecule has 0 N–H and O–H groups in total. The Morgan fingerprint density at radius 1 is 1.83 bits per heavy atom. The lowest BCUT2D eigenvalue weighted by Gasteiger charge is -1.88. The summed E-state index contributed by atoms with van der Waals surface area (Å²) in [4.78, 5) is 0. The smallest absolute Gasteiger partial charge is 0.267 e. The molecule has 36 valence electrons. The summed E-state index contributed by atoms with van der Waals surface area (Å²) in [6, 6.07) is -1.09. The highest BCUT2D eigenvalue weighted by Gasteiger charge is 1.81. The molecule has 1 nitrogen and oxygen atoms in total. The zero-order chi connectivity index (χ0) is 4.99. The van der Waals surface area contributed by atoms with E-state index in [-0.39, 0.29) is 0 Å². The van der Waals surface area contributed by atoms with Gasteiger partial charge in [0.15, 0.2) is 0 Å². The summed E-state index contributed by atoms with van der Waals surface area (Å²) < 4.78 is 25.3. The third kappa shape index (κ3) is 3.40. The SMILES string of the molecule is C=C(F)OCF. The molecule has 0 aromatic heterocycles. The maximum atomic E-state index is 11.0. The summed E-state index contributed by atoms with van der Waals surface area (Å²) in [6.45, 7) is 1.47. The lowest BCUT2D eigenvalue weighted by Crippen LogP contribution is -1.78. The van der Waals surface area contributed by atoms with Crippen LogP contribution in [0.5, 0.6) is 0 Å². The van der Waals surface area contributed by atoms with E-state index >= 15 is 0 Å². The molecule has 0 saturated carbocycles. The second-order valence-corrected chi connectivity index (χ2v) is 0.609. The Balaban J connectivity index is 2.83. The van der Waals surface area contributed by atoms with Gasteiger partial charge >= 0.3 is 0 Å². The third-order valence-electron chi connectivity index (χ3n) is 0.211. The van der Waals surface area contributed by atoms with Gasteiger partial charge in [0, 0.05) is 0 Å². The maximum Gasteiger partial charge on any atom is 0.267 e.